The van der Waals surface area contributed by atoms with Gasteiger partial charge in [-0.3, -0.25) is 9.59 Å². The minimum absolute atomic E-state index is 0.00184. The van der Waals surface area contributed by atoms with Crippen LogP contribution in [-0.4, -0.2) is 43.5 Å². The molecule has 0 radical (unpaired) electrons. The molecule has 1 N–H and O–H groups in total. The van der Waals surface area contributed by atoms with Crippen LogP contribution in [0, 0.1) is 0 Å². The Morgan fingerprint density at radius 2 is 1.86 bits per heavy atom. The van der Waals surface area contributed by atoms with Gasteiger partial charge in [0.2, 0.25) is 11.8 Å². The van der Waals surface area contributed by atoms with Crippen molar-refractivity contribution < 1.29 is 14.3 Å². The number of piperidine rings is 1. The van der Waals surface area contributed by atoms with E-state index >= 15 is 0 Å². The second-order valence-electron chi connectivity index (χ2n) is 5.44. The van der Waals surface area contributed by atoms with Crippen molar-refractivity contribution in [3.63, 3.8) is 0 Å². The third-order valence-corrected chi connectivity index (χ3v) is 3.98. The third-order valence-electron chi connectivity index (χ3n) is 3.98. The first-order valence-electron chi connectivity index (χ1n) is 7.18. The van der Waals surface area contributed by atoms with Crippen LogP contribution in [0.3, 0.4) is 0 Å². The van der Waals surface area contributed by atoms with Crippen molar-refractivity contribution in [2.24, 2.45) is 0 Å². The van der Waals surface area contributed by atoms with Crippen molar-refractivity contribution in [1.82, 2.24) is 10.2 Å². The van der Waals surface area contributed by atoms with Gasteiger partial charge in [-0.2, -0.15) is 0 Å². The van der Waals surface area contributed by atoms with Gasteiger partial charge in [0.05, 0.1) is 5.54 Å². The fraction of sp³-hybridized carbons (Fsp3) is 0.500. The highest BCUT2D eigenvalue weighted by molar-refractivity contribution is 5.78. The summed E-state index contributed by atoms with van der Waals surface area (Å²) in [5.41, 5.74) is 0.718. The molecule has 1 aromatic carbocycles. The molecule has 0 aromatic heterocycles. The third kappa shape index (κ3) is 3.61. The predicted molar refractivity (Wildman–Crippen MR) is 79.6 cm³/mol. The molecule has 0 saturated carbocycles. The second kappa shape index (κ2) is 6.72. The maximum atomic E-state index is 11.9. The van der Waals surface area contributed by atoms with E-state index in [2.05, 4.69) is 5.32 Å². The van der Waals surface area contributed by atoms with Crippen molar-refractivity contribution in [2.75, 3.05) is 26.8 Å². The molecule has 0 unspecified atom stereocenters. The molecule has 1 heterocycles. The number of ether oxygens (including phenoxy) is 1. The molecular weight excluding hydrogens is 268 g/mol. The molecule has 1 aromatic rings. The number of hydrogen-bond acceptors (Lipinski definition) is 3. The van der Waals surface area contributed by atoms with Gasteiger partial charge in [-0.25, -0.2) is 0 Å². The average molecular weight is 290 g/mol. The zero-order chi connectivity index (χ0) is 15.3. The maximum Gasteiger partial charge on any atom is 0.248 e. The van der Waals surface area contributed by atoms with Crippen molar-refractivity contribution in [3.05, 3.63) is 35.9 Å². The minimum Gasteiger partial charge on any atom is -0.375 e. The van der Waals surface area contributed by atoms with Gasteiger partial charge in [0.1, 0.15) is 6.61 Å². The van der Waals surface area contributed by atoms with Crippen LogP contribution < -0.4 is 5.32 Å². The zero-order valence-corrected chi connectivity index (χ0v) is 12.6. The molecule has 1 aliphatic heterocycles. The first-order valence-corrected chi connectivity index (χ1v) is 7.18. The fourth-order valence-corrected chi connectivity index (χ4v) is 2.93. The number of likely N-dealkylation sites (tertiary alicyclic amines) is 1. The molecule has 114 valence electrons. The number of carbonyl (C=O) groups excluding carboxylic acids is 2. The number of nitrogens with one attached hydrogen (secondary N) is 1. The molecule has 21 heavy (non-hydrogen) atoms. The van der Waals surface area contributed by atoms with E-state index in [1.165, 1.54) is 14.0 Å². The van der Waals surface area contributed by atoms with Crippen LogP contribution >= 0.6 is 0 Å². The first-order chi connectivity index (χ1) is 10.1. The Balaban J connectivity index is 2.14. The number of benzene rings is 1. The summed E-state index contributed by atoms with van der Waals surface area (Å²) < 4.78 is 4.90. The van der Waals surface area contributed by atoms with Gasteiger partial charge < -0.3 is 15.0 Å². The van der Waals surface area contributed by atoms with Crippen LogP contribution in [0.5, 0.6) is 0 Å². The SMILES string of the molecule is COCC(=O)N1CCC(NC(C)=O)(c2ccccc2)CC1. The highest BCUT2D eigenvalue weighted by atomic mass is 16.5. The largest absolute Gasteiger partial charge is 0.375 e. The van der Waals surface area contributed by atoms with Crippen LogP contribution in [0.1, 0.15) is 25.3 Å². The molecule has 0 atom stereocenters. The Labute approximate surface area is 125 Å². The smallest absolute Gasteiger partial charge is 0.248 e. The van der Waals surface area contributed by atoms with Crippen molar-refractivity contribution in [2.45, 2.75) is 25.3 Å². The Morgan fingerprint density at radius 3 is 2.38 bits per heavy atom. The lowest BCUT2D eigenvalue weighted by molar-refractivity contribution is -0.137. The topological polar surface area (TPSA) is 58.6 Å². The van der Waals surface area contributed by atoms with Crippen LogP contribution in [-0.2, 0) is 19.9 Å². The molecular formula is C16H22N2O3. The van der Waals surface area contributed by atoms with E-state index in [4.69, 9.17) is 4.74 Å². The van der Waals surface area contributed by atoms with Crippen molar-refractivity contribution >= 4 is 11.8 Å². The van der Waals surface area contributed by atoms with E-state index in [0.29, 0.717) is 25.9 Å². The normalized spacial score (nSPS) is 17.3. The molecule has 2 amide bonds. The molecule has 2 rings (SSSR count). The molecule has 1 saturated heterocycles. The monoisotopic (exact) mass is 290 g/mol. The summed E-state index contributed by atoms with van der Waals surface area (Å²) in [5.74, 6) is -0.0440. The highest BCUT2D eigenvalue weighted by Crippen LogP contribution is 2.33. The summed E-state index contributed by atoms with van der Waals surface area (Å²) in [7, 11) is 1.52. The number of nitrogens with zero attached hydrogens (tertiary/aromatic N) is 1. The lowest BCUT2D eigenvalue weighted by atomic mass is 9.80. The summed E-state index contributed by atoms with van der Waals surface area (Å²) >= 11 is 0. The first kappa shape index (κ1) is 15.5. The van der Waals surface area contributed by atoms with Gasteiger partial charge >= 0.3 is 0 Å². The lowest BCUT2D eigenvalue weighted by Gasteiger charge is -2.42. The molecule has 1 aliphatic rings. The van der Waals surface area contributed by atoms with Crippen molar-refractivity contribution in [3.8, 4) is 0 Å². The molecule has 0 bridgehead atoms. The Bertz CT molecular complexity index is 494. The quantitative estimate of drug-likeness (QED) is 0.909. The second-order valence-corrected chi connectivity index (χ2v) is 5.44. The summed E-state index contributed by atoms with van der Waals surface area (Å²) in [6.45, 7) is 2.89. The van der Waals surface area contributed by atoms with E-state index in [1.807, 2.05) is 30.3 Å². The Morgan fingerprint density at radius 1 is 1.24 bits per heavy atom. The van der Waals surface area contributed by atoms with Crippen LogP contribution in [0.4, 0.5) is 0 Å². The van der Waals surface area contributed by atoms with Gasteiger partial charge in [0.25, 0.3) is 0 Å². The summed E-state index contributed by atoms with van der Waals surface area (Å²) in [6, 6.07) is 9.97. The summed E-state index contributed by atoms with van der Waals surface area (Å²) in [5, 5.41) is 3.09. The van der Waals surface area contributed by atoms with Gasteiger partial charge in [-0.05, 0) is 18.4 Å². The number of methoxy groups -OCH3 is 1. The van der Waals surface area contributed by atoms with E-state index in [1.54, 1.807) is 4.90 Å². The van der Waals surface area contributed by atoms with Crippen LogP contribution in [0.2, 0.25) is 0 Å². The minimum atomic E-state index is -0.378. The zero-order valence-electron chi connectivity index (χ0n) is 12.6. The Kier molecular flexibility index (Phi) is 4.96. The van der Waals surface area contributed by atoms with Gasteiger partial charge in [-0.15, -0.1) is 0 Å². The van der Waals surface area contributed by atoms with Crippen molar-refractivity contribution in [1.29, 1.82) is 0 Å². The van der Waals surface area contributed by atoms with E-state index in [0.717, 1.165) is 5.56 Å². The molecule has 1 fully saturated rings. The summed E-state index contributed by atoms with van der Waals surface area (Å²) in [6.07, 6.45) is 1.43. The number of hydrogen-bond donors (Lipinski definition) is 1. The number of carbonyl (C=O) groups is 2. The molecule has 0 aliphatic carbocycles. The van der Waals surface area contributed by atoms with E-state index in [-0.39, 0.29) is 24.0 Å². The maximum absolute atomic E-state index is 11.9. The highest BCUT2D eigenvalue weighted by Gasteiger charge is 2.37. The molecule has 0 spiro atoms. The summed E-state index contributed by atoms with van der Waals surface area (Å²) in [4.78, 5) is 25.3. The number of rotatable bonds is 4. The van der Waals surface area contributed by atoms with E-state index in [9.17, 15) is 9.59 Å². The standard InChI is InChI=1S/C16H22N2O3/c1-13(19)17-16(14-6-4-3-5-7-14)8-10-18(11-9-16)15(20)12-21-2/h3-7H,8-12H2,1-2H3,(H,17,19). The van der Waals surface area contributed by atoms with Crippen LogP contribution in [0.25, 0.3) is 0 Å². The van der Waals surface area contributed by atoms with Crippen LogP contribution in [0.15, 0.2) is 30.3 Å². The van der Waals surface area contributed by atoms with Gasteiger partial charge in [-0.1, -0.05) is 30.3 Å². The average Bonchev–Trinajstić information content (AvgIpc) is 2.48. The van der Waals surface area contributed by atoms with E-state index < -0.39 is 0 Å². The molecule has 5 nitrogen and oxygen atoms in total. The van der Waals surface area contributed by atoms with Gasteiger partial charge in [0, 0.05) is 27.1 Å². The Hall–Kier alpha value is -1.88. The predicted octanol–water partition coefficient (Wildman–Crippen LogP) is 1.29. The van der Waals surface area contributed by atoms with Gasteiger partial charge in [0.15, 0.2) is 0 Å². The lowest BCUT2D eigenvalue weighted by Crippen LogP contribution is -2.54. The fourth-order valence-electron chi connectivity index (χ4n) is 2.93. The molecule has 5 heteroatoms. The number of amides is 2.